The second-order valence-electron chi connectivity index (χ2n) is 7.47. The molecule has 0 bridgehead atoms. The minimum atomic E-state index is -0.221. The van der Waals surface area contributed by atoms with Crippen LogP contribution in [0.4, 0.5) is 15.3 Å². The van der Waals surface area contributed by atoms with E-state index in [1.165, 1.54) is 0 Å². The van der Waals surface area contributed by atoms with Crippen LogP contribution in [0.25, 0.3) is 0 Å². The van der Waals surface area contributed by atoms with Crippen molar-refractivity contribution in [3.63, 3.8) is 0 Å². The molecule has 6 nitrogen and oxygen atoms in total. The van der Waals surface area contributed by atoms with Crippen molar-refractivity contribution in [2.75, 3.05) is 31.6 Å². The first kappa shape index (κ1) is 18.3. The molecule has 1 aromatic carbocycles. The van der Waals surface area contributed by atoms with Crippen LogP contribution in [0.2, 0.25) is 0 Å². The molecule has 0 saturated carbocycles. The number of hydrogen-bond acceptors (Lipinski definition) is 3. The first-order valence-corrected chi connectivity index (χ1v) is 9.67. The first-order chi connectivity index (χ1) is 11.9. The summed E-state index contributed by atoms with van der Waals surface area (Å²) in [6.45, 7) is 6.69. The molecule has 1 aromatic rings. The molecule has 0 aliphatic carbocycles. The van der Waals surface area contributed by atoms with Crippen molar-refractivity contribution >= 4 is 40.4 Å². The van der Waals surface area contributed by atoms with Gasteiger partial charge in [-0.15, -0.1) is 0 Å². The maximum absolute atomic E-state index is 12.5. The SMILES string of the molecule is CC1(C)COC(=O)N(C2CCN(C(=O)Nc3ccccc3I)CC2)C1. The highest BCUT2D eigenvalue weighted by Gasteiger charge is 2.38. The van der Waals surface area contributed by atoms with Gasteiger partial charge in [-0.2, -0.15) is 0 Å². The molecule has 0 aromatic heterocycles. The molecule has 2 saturated heterocycles. The number of carbonyl (C=O) groups is 2. The number of piperidine rings is 1. The number of nitrogens with zero attached hydrogens (tertiary/aromatic N) is 2. The number of para-hydroxylation sites is 1. The second-order valence-corrected chi connectivity index (χ2v) is 8.64. The third-order valence-corrected chi connectivity index (χ3v) is 5.67. The number of amides is 3. The molecule has 0 radical (unpaired) electrons. The van der Waals surface area contributed by atoms with E-state index in [0.29, 0.717) is 26.2 Å². The summed E-state index contributed by atoms with van der Waals surface area (Å²) in [5, 5.41) is 2.97. The lowest BCUT2D eigenvalue weighted by Gasteiger charge is -2.44. The van der Waals surface area contributed by atoms with E-state index >= 15 is 0 Å². The average molecular weight is 457 g/mol. The summed E-state index contributed by atoms with van der Waals surface area (Å²) in [5.41, 5.74) is 0.809. The van der Waals surface area contributed by atoms with E-state index in [9.17, 15) is 9.59 Å². The monoisotopic (exact) mass is 457 g/mol. The van der Waals surface area contributed by atoms with Crippen LogP contribution in [0.3, 0.4) is 0 Å². The highest BCUT2D eigenvalue weighted by atomic mass is 127. The van der Waals surface area contributed by atoms with Gasteiger partial charge in [-0.05, 0) is 47.6 Å². The lowest BCUT2D eigenvalue weighted by atomic mass is 9.91. The van der Waals surface area contributed by atoms with Crippen LogP contribution in [-0.4, -0.2) is 54.2 Å². The lowest BCUT2D eigenvalue weighted by molar-refractivity contribution is -0.0141. The summed E-state index contributed by atoms with van der Waals surface area (Å²) in [6.07, 6.45) is 1.34. The van der Waals surface area contributed by atoms with Gasteiger partial charge in [0.1, 0.15) is 0 Å². The van der Waals surface area contributed by atoms with Gasteiger partial charge in [0.15, 0.2) is 0 Å². The Morgan fingerprint density at radius 1 is 1.28 bits per heavy atom. The lowest BCUT2D eigenvalue weighted by Crippen LogP contribution is -2.55. The number of benzene rings is 1. The first-order valence-electron chi connectivity index (χ1n) is 8.60. The molecule has 0 atom stereocenters. The van der Waals surface area contributed by atoms with Gasteiger partial charge < -0.3 is 19.9 Å². The third-order valence-electron chi connectivity index (χ3n) is 4.73. The van der Waals surface area contributed by atoms with Crippen molar-refractivity contribution in [3.8, 4) is 0 Å². The minimum absolute atomic E-state index is 0.0214. The van der Waals surface area contributed by atoms with Crippen LogP contribution in [-0.2, 0) is 4.74 Å². The Kier molecular flexibility index (Phi) is 5.41. The molecule has 7 heteroatoms. The molecule has 3 amide bonds. The van der Waals surface area contributed by atoms with E-state index in [1.807, 2.05) is 34.1 Å². The summed E-state index contributed by atoms with van der Waals surface area (Å²) >= 11 is 2.21. The second kappa shape index (κ2) is 7.39. The number of rotatable bonds is 2. The number of nitrogens with one attached hydrogen (secondary N) is 1. The van der Waals surface area contributed by atoms with Gasteiger partial charge in [0, 0.05) is 34.7 Å². The smallest absolute Gasteiger partial charge is 0.410 e. The Bertz CT molecular complexity index is 657. The Morgan fingerprint density at radius 2 is 1.96 bits per heavy atom. The van der Waals surface area contributed by atoms with Gasteiger partial charge in [-0.3, -0.25) is 0 Å². The number of hydrogen-bond donors (Lipinski definition) is 1. The van der Waals surface area contributed by atoms with Crippen LogP contribution in [0.1, 0.15) is 26.7 Å². The topological polar surface area (TPSA) is 61.9 Å². The number of anilines is 1. The largest absolute Gasteiger partial charge is 0.449 e. The fraction of sp³-hybridized carbons (Fsp3) is 0.556. The van der Waals surface area contributed by atoms with Crippen LogP contribution < -0.4 is 5.32 Å². The molecular formula is C18H24IN3O3. The fourth-order valence-corrected chi connectivity index (χ4v) is 3.85. The standard InChI is InChI=1S/C18H24IN3O3/c1-18(2)11-22(17(24)25-12-18)13-7-9-21(10-8-13)16(23)20-15-6-4-3-5-14(15)19/h3-6,13H,7-12H2,1-2H3,(H,20,23). The molecule has 25 heavy (non-hydrogen) atoms. The maximum Gasteiger partial charge on any atom is 0.410 e. The molecule has 2 aliphatic heterocycles. The maximum atomic E-state index is 12.5. The Balaban J connectivity index is 1.55. The number of halogens is 1. The van der Waals surface area contributed by atoms with E-state index in [4.69, 9.17) is 4.74 Å². The van der Waals surface area contributed by atoms with Crippen LogP contribution >= 0.6 is 22.6 Å². The van der Waals surface area contributed by atoms with E-state index in [2.05, 4.69) is 41.8 Å². The van der Waals surface area contributed by atoms with Crippen molar-refractivity contribution in [3.05, 3.63) is 27.8 Å². The number of likely N-dealkylation sites (tertiary alicyclic amines) is 1. The molecule has 2 aliphatic rings. The zero-order valence-electron chi connectivity index (χ0n) is 14.6. The van der Waals surface area contributed by atoms with Crippen molar-refractivity contribution in [1.29, 1.82) is 0 Å². The van der Waals surface area contributed by atoms with Gasteiger partial charge >= 0.3 is 12.1 Å². The average Bonchev–Trinajstić information content (AvgIpc) is 2.59. The van der Waals surface area contributed by atoms with Crippen molar-refractivity contribution in [2.24, 2.45) is 5.41 Å². The molecule has 0 unspecified atom stereocenters. The van der Waals surface area contributed by atoms with E-state index in [-0.39, 0.29) is 23.6 Å². The highest BCUT2D eigenvalue weighted by Crippen LogP contribution is 2.28. The summed E-state index contributed by atoms with van der Waals surface area (Å²) in [4.78, 5) is 28.2. The molecule has 1 N–H and O–H groups in total. The normalized spacial score (nSPS) is 21.0. The van der Waals surface area contributed by atoms with Crippen molar-refractivity contribution in [2.45, 2.75) is 32.7 Å². The number of ether oxygens (including phenoxy) is 1. The zero-order chi connectivity index (χ0) is 18.0. The predicted octanol–water partition coefficient (Wildman–Crippen LogP) is 3.77. The van der Waals surface area contributed by atoms with Gasteiger partial charge in [-0.25, -0.2) is 9.59 Å². The summed E-state index contributed by atoms with van der Waals surface area (Å²) in [7, 11) is 0. The molecular weight excluding hydrogens is 433 g/mol. The molecule has 2 heterocycles. The minimum Gasteiger partial charge on any atom is -0.449 e. The summed E-state index contributed by atoms with van der Waals surface area (Å²) < 4.78 is 6.33. The molecule has 0 spiro atoms. The van der Waals surface area contributed by atoms with Crippen LogP contribution in [0, 0.1) is 8.99 Å². The quantitative estimate of drug-likeness (QED) is 0.689. The van der Waals surface area contributed by atoms with Crippen molar-refractivity contribution < 1.29 is 14.3 Å². The number of cyclic esters (lactones) is 1. The number of carbonyl (C=O) groups excluding carboxylic acids is 2. The molecule has 136 valence electrons. The summed E-state index contributed by atoms with van der Waals surface area (Å²) in [5.74, 6) is 0. The highest BCUT2D eigenvalue weighted by molar-refractivity contribution is 14.1. The molecule has 3 rings (SSSR count). The van der Waals surface area contributed by atoms with Crippen LogP contribution in [0.5, 0.6) is 0 Å². The van der Waals surface area contributed by atoms with Gasteiger partial charge in [0.05, 0.1) is 12.3 Å². The molecule has 2 fully saturated rings. The fourth-order valence-electron chi connectivity index (χ4n) is 3.33. The van der Waals surface area contributed by atoms with Gasteiger partial charge in [0.2, 0.25) is 0 Å². The Hall–Kier alpha value is -1.51. The Morgan fingerprint density at radius 3 is 2.64 bits per heavy atom. The Labute approximate surface area is 162 Å². The third kappa shape index (κ3) is 4.37. The van der Waals surface area contributed by atoms with Gasteiger partial charge in [-0.1, -0.05) is 26.0 Å². The van der Waals surface area contributed by atoms with E-state index < -0.39 is 0 Å². The van der Waals surface area contributed by atoms with Crippen molar-refractivity contribution in [1.82, 2.24) is 9.80 Å². The van der Waals surface area contributed by atoms with E-state index in [1.54, 1.807) is 0 Å². The summed E-state index contributed by atoms with van der Waals surface area (Å²) in [6, 6.07) is 7.79. The van der Waals surface area contributed by atoms with E-state index in [0.717, 1.165) is 22.1 Å². The number of urea groups is 1. The zero-order valence-corrected chi connectivity index (χ0v) is 16.8. The predicted molar refractivity (Wildman–Crippen MR) is 105 cm³/mol. The van der Waals surface area contributed by atoms with Gasteiger partial charge in [0.25, 0.3) is 0 Å². The van der Waals surface area contributed by atoms with Crippen LogP contribution in [0.15, 0.2) is 24.3 Å².